The van der Waals surface area contributed by atoms with E-state index < -0.39 is 21.9 Å². The van der Waals surface area contributed by atoms with E-state index in [1.165, 1.54) is 25.3 Å². The lowest BCUT2D eigenvalue weighted by Gasteiger charge is -2.16. The van der Waals surface area contributed by atoms with E-state index in [1.807, 2.05) is 0 Å². The van der Waals surface area contributed by atoms with Gasteiger partial charge in [0.05, 0.1) is 13.4 Å². The molecule has 0 saturated carbocycles. The molecule has 0 aliphatic rings. The second-order valence-electron chi connectivity index (χ2n) is 3.50. The van der Waals surface area contributed by atoms with Gasteiger partial charge in [-0.05, 0) is 25.1 Å². The summed E-state index contributed by atoms with van der Waals surface area (Å²) in [5, 5.41) is 0. The van der Waals surface area contributed by atoms with Gasteiger partial charge in [0.2, 0.25) is 10.0 Å². The van der Waals surface area contributed by atoms with Crippen molar-refractivity contribution in [2.75, 3.05) is 13.4 Å². The Bertz CT molecular complexity index is 473. The molecule has 1 unspecified atom stereocenters. The van der Waals surface area contributed by atoms with Gasteiger partial charge >= 0.3 is 0 Å². The van der Waals surface area contributed by atoms with E-state index in [9.17, 15) is 12.8 Å². The maximum atomic E-state index is 13.0. The number of sulfonamides is 1. The van der Waals surface area contributed by atoms with Crippen LogP contribution in [0.2, 0.25) is 0 Å². The van der Waals surface area contributed by atoms with Crippen LogP contribution in [-0.2, 0) is 10.0 Å². The summed E-state index contributed by atoms with van der Waals surface area (Å²) in [7, 11) is -1.89. The number of methoxy groups -OCH3 is 1. The van der Waals surface area contributed by atoms with Gasteiger partial charge in [-0.1, -0.05) is 0 Å². The predicted molar refractivity (Wildman–Crippen MR) is 59.3 cm³/mol. The molecule has 0 heterocycles. The van der Waals surface area contributed by atoms with Gasteiger partial charge in [0.25, 0.3) is 0 Å². The fourth-order valence-electron chi connectivity index (χ4n) is 1.43. The van der Waals surface area contributed by atoms with Crippen LogP contribution in [0.25, 0.3) is 0 Å². The van der Waals surface area contributed by atoms with Gasteiger partial charge in [-0.2, -0.15) is 0 Å². The van der Waals surface area contributed by atoms with Crippen molar-refractivity contribution in [3.05, 3.63) is 29.6 Å². The summed E-state index contributed by atoms with van der Waals surface area (Å²) in [5.41, 5.74) is 0.466. The molecule has 0 radical (unpaired) electrons. The standard InChI is InChI=1S/C10H14FNO3S/c1-7(12-16(3,13)14)9-6-8(11)4-5-10(9)15-2/h4-7,12H,1-3H3. The third-order valence-corrected chi connectivity index (χ3v) is 2.83. The molecule has 6 heteroatoms. The summed E-state index contributed by atoms with van der Waals surface area (Å²) >= 11 is 0. The number of hydrogen-bond acceptors (Lipinski definition) is 3. The van der Waals surface area contributed by atoms with Crippen LogP contribution in [0, 0.1) is 5.82 Å². The Labute approximate surface area is 94.5 Å². The minimum atomic E-state index is -3.34. The summed E-state index contributed by atoms with van der Waals surface area (Å²) in [6, 6.07) is 3.43. The summed E-state index contributed by atoms with van der Waals surface area (Å²) in [5.74, 6) is 0.0167. The SMILES string of the molecule is COc1ccc(F)cc1C(C)NS(C)(=O)=O. The predicted octanol–water partition coefficient (Wildman–Crippen LogP) is 1.44. The second kappa shape index (κ2) is 4.80. The fraction of sp³-hybridized carbons (Fsp3) is 0.400. The molecule has 0 aliphatic heterocycles. The minimum absolute atomic E-state index is 0.432. The topological polar surface area (TPSA) is 55.4 Å². The smallest absolute Gasteiger partial charge is 0.209 e. The average Bonchev–Trinajstić information content (AvgIpc) is 2.15. The number of rotatable bonds is 4. The van der Waals surface area contributed by atoms with Gasteiger partial charge in [-0.15, -0.1) is 0 Å². The van der Waals surface area contributed by atoms with Crippen LogP contribution in [0.1, 0.15) is 18.5 Å². The summed E-state index contributed by atoms with van der Waals surface area (Å²) in [6.45, 7) is 1.62. The van der Waals surface area contributed by atoms with Crippen molar-refractivity contribution < 1.29 is 17.5 Å². The lowest BCUT2D eigenvalue weighted by Crippen LogP contribution is -2.25. The molecule has 0 aliphatic carbocycles. The normalized spacial score (nSPS) is 13.5. The van der Waals surface area contributed by atoms with Gasteiger partial charge < -0.3 is 4.74 Å². The molecular formula is C10H14FNO3S. The molecule has 1 atom stereocenters. The zero-order valence-electron chi connectivity index (χ0n) is 9.32. The Kier molecular flexibility index (Phi) is 3.88. The molecule has 0 spiro atoms. The molecule has 1 aromatic carbocycles. The highest BCUT2D eigenvalue weighted by Gasteiger charge is 2.15. The van der Waals surface area contributed by atoms with E-state index in [0.29, 0.717) is 11.3 Å². The van der Waals surface area contributed by atoms with Gasteiger partial charge in [-0.25, -0.2) is 17.5 Å². The first-order valence-corrected chi connectivity index (χ1v) is 6.53. The quantitative estimate of drug-likeness (QED) is 0.876. The van der Waals surface area contributed by atoms with Gasteiger partial charge in [0.15, 0.2) is 0 Å². The number of halogens is 1. The lowest BCUT2D eigenvalue weighted by molar-refractivity contribution is 0.403. The molecule has 4 nitrogen and oxygen atoms in total. The number of ether oxygens (including phenoxy) is 1. The van der Waals surface area contributed by atoms with Crippen molar-refractivity contribution >= 4 is 10.0 Å². The minimum Gasteiger partial charge on any atom is -0.496 e. The van der Waals surface area contributed by atoms with Crippen molar-refractivity contribution in [2.24, 2.45) is 0 Å². The van der Waals surface area contributed by atoms with E-state index >= 15 is 0 Å². The summed E-state index contributed by atoms with van der Waals surface area (Å²) < 4.78 is 42.5. The van der Waals surface area contributed by atoms with Gasteiger partial charge in [0.1, 0.15) is 11.6 Å². The molecule has 0 amide bonds. The van der Waals surface area contributed by atoms with Crippen molar-refractivity contribution in [3.8, 4) is 5.75 Å². The van der Waals surface area contributed by atoms with Crippen LogP contribution < -0.4 is 9.46 Å². The Hall–Kier alpha value is -1.14. The highest BCUT2D eigenvalue weighted by molar-refractivity contribution is 7.88. The van der Waals surface area contributed by atoms with Gasteiger partial charge in [-0.3, -0.25) is 0 Å². The molecule has 0 aromatic heterocycles. The largest absolute Gasteiger partial charge is 0.496 e. The van der Waals surface area contributed by atoms with Crippen LogP contribution in [0.5, 0.6) is 5.75 Å². The highest BCUT2D eigenvalue weighted by atomic mass is 32.2. The van der Waals surface area contributed by atoms with Crippen LogP contribution in [0.3, 0.4) is 0 Å². The third kappa shape index (κ3) is 3.46. The zero-order valence-corrected chi connectivity index (χ0v) is 10.1. The summed E-state index contributed by atoms with van der Waals surface area (Å²) in [6.07, 6.45) is 1.05. The molecule has 1 aromatic rings. The zero-order chi connectivity index (χ0) is 12.3. The summed E-state index contributed by atoms with van der Waals surface area (Å²) in [4.78, 5) is 0. The Balaban J connectivity index is 3.06. The van der Waals surface area contributed by atoms with Crippen molar-refractivity contribution in [1.82, 2.24) is 4.72 Å². The molecule has 1 N–H and O–H groups in total. The van der Waals surface area contributed by atoms with E-state index in [1.54, 1.807) is 6.92 Å². The first-order chi connectivity index (χ1) is 7.33. The van der Waals surface area contributed by atoms with E-state index in [0.717, 1.165) is 6.26 Å². The average molecular weight is 247 g/mol. The van der Waals surface area contributed by atoms with Crippen LogP contribution in [0.4, 0.5) is 4.39 Å². The highest BCUT2D eigenvalue weighted by Crippen LogP contribution is 2.25. The number of nitrogens with one attached hydrogen (secondary N) is 1. The van der Waals surface area contributed by atoms with Gasteiger partial charge in [0, 0.05) is 11.6 Å². The molecule has 0 saturated heterocycles. The molecule has 1 rings (SSSR count). The van der Waals surface area contributed by atoms with E-state index in [4.69, 9.17) is 4.74 Å². The number of hydrogen-bond donors (Lipinski definition) is 1. The molecular weight excluding hydrogens is 233 g/mol. The van der Waals surface area contributed by atoms with E-state index in [2.05, 4.69) is 4.72 Å². The Morgan fingerprint density at radius 3 is 2.56 bits per heavy atom. The maximum absolute atomic E-state index is 13.0. The second-order valence-corrected chi connectivity index (χ2v) is 5.28. The van der Waals surface area contributed by atoms with Crippen LogP contribution in [0.15, 0.2) is 18.2 Å². The van der Waals surface area contributed by atoms with E-state index in [-0.39, 0.29) is 0 Å². The number of benzene rings is 1. The fourth-order valence-corrected chi connectivity index (χ4v) is 2.20. The maximum Gasteiger partial charge on any atom is 0.209 e. The molecule has 90 valence electrons. The third-order valence-electron chi connectivity index (χ3n) is 2.05. The van der Waals surface area contributed by atoms with Crippen LogP contribution >= 0.6 is 0 Å². The monoisotopic (exact) mass is 247 g/mol. The Morgan fingerprint density at radius 2 is 2.06 bits per heavy atom. The molecule has 0 bridgehead atoms. The van der Waals surface area contributed by atoms with Crippen molar-refractivity contribution in [3.63, 3.8) is 0 Å². The van der Waals surface area contributed by atoms with Crippen molar-refractivity contribution in [2.45, 2.75) is 13.0 Å². The van der Waals surface area contributed by atoms with Crippen LogP contribution in [-0.4, -0.2) is 21.8 Å². The first kappa shape index (κ1) is 12.9. The van der Waals surface area contributed by atoms with Crippen molar-refractivity contribution in [1.29, 1.82) is 0 Å². The Morgan fingerprint density at radius 1 is 1.44 bits per heavy atom. The molecule has 16 heavy (non-hydrogen) atoms. The first-order valence-electron chi connectivity index (χ1n) is 4.64. The lowest BCUT2D eigenvalue weighted by atomic mass is 10.1. The molecule has 0 fully saturated rings.